The van der Waals surface area contributed by atoms with Crippen LogP contribution < -0.4 is 5.32 Å². The zero-order valence-electron chi connectivity index (χ0n) is 13.2. The van der Waals surface area contributed by atoms with Gasteiger partial charge in [0.05, 0.1) is 6.20 Å². The van der Waals surface area contributed by atoms with Gasteiger partial charge in [-0.05, 0) is 36.1 Å². The fourth-order valence-electron chi connectivity index (χ4n) is 2.95. The number of halogens is 1. The minimum Gasteiger partial charge on any atom is -0.352 e. The van der Waals surface area contributed by atoms with Crippen molar-refractivity contribution in [3.8, 4) is 0 Å². The van der Waals surface area contributed by atoms with Crippen LogP contribution in [0.1, 0.15) is 30.0 Å². The maximum absolute atomic E-state index is 13.5. The Morgan fingerprint density at radius 1 is 1.42 bits per heavy atom. The highest BCUT2D eigenvalue weighted by Gasteiger charge is 2.34. The lowest BCUT2D eigenvalue weighted by atomic mass is 10.0. The van der Waals surface area contributed by atoms with Gasteiger partial charge in [-0.2, -0.15) is 5.10 Å². The van der Waals surface area contributed by atoms with E-state index in [0.717, 1.165) is 12.0 Å². The molecule has 1 fully saturated rings. The molecule has 0 saturated carbocycles. The van der Waals surface area contributed by atoms with Crippen LogP contribution in [0.25, 0.3) is 0 Å². The van der Waals surface area contributed by atoms with Gasteiger partial charge in [0.1, 0.15) is 11.9 Å². The van der Waals surface area contributed by atoms with Gasteiger partial charge in [-0.3, -0.25) is 14.7 Å². The highest BCUT2D eigenvalue weighted by molar-refractivity contribution is 5.89. The number of rotatable bonds is 5. The Morgan fingerprint density at radius 2 is 2.29 bits per heavy atom. The summed E-state index contributed by atoms with van der Waals surface area (Å²) in [6.07, 6.45) is 5.28. The van der Waals surface area contributed by atoms with Crippen LogP contribution in [-0.2, 0) is 16.0 Å². The number of H-pyrrole nitrogens is 1. The van der Waals surface area contributed by atoms with Crippen LogP contribution in [0.15, 0.2) is 36.7 Å². The van der Waals surface area contributed by atoms with Crippen LogP contribution in [0.4, 0.5) is 4.39 Å². The molecule has 2 amide bonds. The van der Waals surface area contributed by atoms with E-state index in [1.807, 2.05) is 0 Å². The van der Waals surface area contributed by atoms with Gasteiger partial charge >= 0.3 is 0 Å². The Kier molecular flexibility index (Phi) is 4.88. The number of hydrogen-bond donors (Lipinski definition) is 2. The average molecular weight is 330 g/mol. The predicted molar refractivity (Wildman–Crippen MR) is 85.4 cm³/mol. The van der Waals surface area contributed by atoms with Crippen molar-refractivity contribution in [1.82, 2.24) is 20.4 Å². The number of carbonyl (C=O) groups excluding carboxylic acids is 2. The van der Waals surface area contributed by atoms with Gasteiger partial charge in [0.15, 0.2) is 0 Å². The van der Waals surface area contributed by atoms with Gasteiger partial charge in [-0.15, -0.1) is 0 Å². The summed E-state index contributed by atoms with van der Waals surface area (Å²) in [6, 6.07) is 5.08. The molecule has 1 aliphatic rings. The third-order valence-electron chi connectivity index (χ3n) is 4.11. The molecular weight excluding hydrogens is 311 g/mol. The first-order valence-electron chi connectivity index (χ1n) is 7.95. The van der Waals surface area contributed by atoms with Crippen LogP contribution in [0.2, 0.25) is 0 Å². The van der Waals surface area contributed by atoms with Crippen molar-refractivity contribution in [2.45, 2.75) is 25.3 Å². The monoisotopic (exact) mass is 330 g/mol. The number of nitrogens with one attached hydrogen (secondary N) is 2. The number of carbonyl (C=O) groups is 2. The minimum absolute atomic E-state index is 0.0948. The van der Waals surface area contributed by atoms with E-state index < -0.39 is 11.9 Å². The molecular formula is C17H19FN4O2. The molecule has 1 aliphatic heterocycles. The molecule has 0 radical (unpaired) electrons. The molecule has 24 heavy (non-hydrogen) atoms. The van der Waals surface area contributed by atoms with E-state index >= 15 is 0 Å². The number of amides is 2. The third kappa shape index (κ3) is 3.61. The van der Waals surface area contributed by atoms with E-state index in [0.29, 0.717) is 31.5 Å². The largest absolute Gasteiger partial charge is 0.352 e. The van der Waals surface area contributed by atoms with E-state index in [-0.39, 0.29) is 11.8 Å². The molecule has 0 bridgehead atoms. The fraction of sp³-hybridized carbons (Fsp3) is 0.353. The molecule has 1 atom stereocenters. The van der Waals surface area contributed by atoms with Crippen LogP contribution in [0, 0.1) is 5.82 Å². The Bertz CT molecular complexity index is 717. The lowest BCUT2D eigenvalue weighted by Gasteiger charge is -2.35. The number of aryl methyl sites for hydroxylation is 1. The molecule has 0 spiro atoms. The van der Waals surface area contributed by atoms with Crippen molar-refractivity contribution in [2.75, 3.05) is 13.1 Å². The highest BCUT2D eigenvalue weighted by atomic mass is 19.1. The number of aromatic amines is 1. The SMILES string of the molecule is O=C1NCCN(C(=O)CCCc2cn[nH]c2)[C@@H]1c1cccc(F)c1. The first kappa shape index (κ1) is 16.2. The van der Waals surface area contributed by atoms with Crippen LogP contribution in [0.5, 0.6) is 0 Å². The zero-order chi connectivity index (χ0) is 16.9. The van der Waals surface area contributed by atoms with Gasteiger partial charge in [-0.25, -0.2) is 4.39 Å². The van der Waals surface area contributed by atoms with Gasteiger partial charge in [0.25, 0.3) is 0 Å². The van der Waals surface area contributed by atoms with Gasteiger partial charge in [0.2, 0.25) is 11.8 Å². The van der Waals surface area contributed by atoms with E-state index in [4.69, 9.17) is 0 Å². The zero-order valence-corrected chi connectivity index (χ0v) is 13.2. The van der Waals surface area contributed by atoms with Crippen molar-refractivity contribution in [3.05, 3.63) is 53.6 Å². The second kappa shape index (κ2) is 7.25. The summed E-state index contributed by atoms with van der Waals surface area (Å²) in [4.78, 5) is 26.4. The van der Waals surface area contributed by atoms with Crippen molar-refractivity contribution in [1.29, 1.82) is 0 Å². The average Bonchev–Trinajstić information content (AvgIpc) is 3.08. The standard InChI is InChI=1S/C17H19FN4O2/c18-14-5-2-4-13(9-14)16-17(24)19-7-8-22(16)15(23)6-1-3-12-10-20-21-11-12/h2,4-5,9-11,16H,1,3,6-8H2,(H,19,24)(H,20,21)/t16-/m1/s1. The summed E-state index contributed by atoms with van der Waals surface area (Å²) in [6.45, 7) is 0.843. The molecule has 6 nitrogen and oxygen atoms in total. The summed E-state index contributed by atoms with van der Waals surface area (Å²) in [5.41, 5.74) is 1.54. The molecule has 126 valence electrons. The molecule has 2 aromatic rings. The molecule has 2 heterocycles. The number of benzene rings is 1. The van der Waals surface area contributed by atoms with Crippen LogP contribution in [-0.4, -0.2) is 40.0 Å². The van der Waals surface area contributed by atoms with E-state index in [1.165, 1.54) is 12.1 Å². The Morgan fingerprint density at radius 3 is 3.04 bits per heavy atom. The molecule has 1 aromatic heterocycles. The summed E-state index contributed by atoms with van der Waals surface area (Å²) in [5.74, 6) is -0.782. The van der Waals surface area contributed by atoms with E-state index in [9.17, 15) is 14.0 Å². The third-order valence-corrected chi connectivity index (χ3v) is 4.11. The summed E-state index contributed by atoms with van der Waals surface area (Å²) < 4.78 is 13.5. The first-order valence-corrected chi connectivity index (χ1v) is 7.95. The van der Waals surface area contributed by atoms with Gasteiger partial charge < -0.3 is 10.2 Å². The Hall–Kier alpha value is -2.70. The quantitative estimate of drug-likeness (QED) is 0.873. The number of aromatic nitrogens is 2. The molecule has 1 saturated heterocycles. The first-order chi connectivity index (χ1) is 11.6. The maximum Gasteiger partial charge on any atom is 0.247 e. The fourth-order valence-corrected chi connectivity index (χ4v) is 2.95. The van der Waals surface area contributed by atoms with E-state index in [1.54, 1.807) is 29.4 Å². The number of piperazine rings is 1. The molecule has 1 aromatic carbocycles. The van der Waals surface area contributed by atoms with Gasteiger partial charge in [0, 0.05) is 25.7 Å². The second-order valence-electron chi connectivity index (χ2n) is 5.80. The highest BCUT2D eigenvalue weighted by Crippen LogP contribution is 2.25. The Labute approximate surface area is 139 Å². The predicted octanol–water partition coefficient (Wildman–Crippen LogP) is 1.57. The molecule has 0 unspecified atom stereocenters. The van der Waals surface area contributed by atoms with Crippen molar-refractivity contribution < 1.29 is 14.0 Å². The normalized spacial score (nSPS) is 17.6. The minimum atomic E-state index is -0.768. The lowest BCUT2D eigenvalue weighted by molar-refractivity contribution is -0.143. The van der Waals surface area contributed by atoms with Crippen molar-refractivity contribution >= 4 is 11.8 Å². The smallest absolute Gasteiger partial charge is 0.247 e. The molecule has 2 N–H and O–H groups in total. The Balaban J connectivity index is 1.69. The van der Waals surface area contributed by atoms with Gasteiger partial charge in [-0.1, -0.05) is 12.1 Å². The topological polar surface area (TPSA) is 78.1 Å². The van der Waals surface area contributed by atoms with Crippen LogP contribution in [0.3, 0.4) is 0 Å². The van der Waals surface area contributed by atoms with Crippen molar-refractivity contribution in [3.63, 3.8) is 0 Å². The molecule has 3 rings (SSSR count). The van der Waals surface area contributed by atoms with Crippen LogP contribution >= 0.6 is 0 Å². The second-order valence-corrected chi connectivity index (χ2v) is 5.80. The van der Waals surface area contributed by atoms with E-state index in [2.05, 4.69) is 15.5 Å². The molecule has 0 aliphatic carbocycles. The summed E-state index contributed by atoms with van der Waals surface area (Å²) in [5, 5.41) is 9.35. The van der Waals surface area contributed by atoms with Crippen molar-refractivity contribution in [2.24, 2.45) is 0 Å². The number of hydrogen-bond acceptors (Lipinski definition) is 3. The molecule has 7 heteroatoms. The maximum atomic E-state index is 13.5. The summed E-state index contributed by atoms with van der Waals surface area (Å²) >= 11 is 0. The number of nitrogens with zero attached hydrogens (tertiary/aromatic N) is 2. The summed E-state index contributed by atoms with van der Waals surface area (Å²) in [7, 11) is 0. The lowest BCUT2D eigenvalue weighted by Crippen LogP contribution is -2.52.